The van der Waals surface area contributed by atoms with E-state index < -0.39 is 12.6 Å². The molecule has 2 aromatic heterocycles. The number of carbonyl (C=O) groups is 2. The summed E-state index contributed by atoms with van der Waals surface area (Å²) in [4.78, 5) is 37.8. The van der Waals surface area contributed by atoms with Crippen molar-refractivity contribution < 1.29 is 23.8 Å². The SMILES string of the molecule is Cc1cc(C(=O)COC(=O)c2ccc(=O)n(Cc3ccccc3)n2)c(C)n1-c1ccc2c(c1)OCCO2. The van der Waals surface area contributed by atoms with Gasteiger partial charge in [-0.25, -0.2) is 9.48 Å². The van der Waals surface area contributed by atoms with Crippen molar-refractivity contribution in [3.8, 4) is 17.2 Å². The van der Waals surface area contributed by atoms with Gasteiger partial charge in [0.15, 0.2) is 23.8 Å². The van der Waals surface area contributed by atoms with Gasteiger partial charge in [-0.15, -0.1) is 0 Å². The molecule has 4 aromatic rings. The summed E-state index contributed by atoms with van der Waals surface area (Å²) in [7, 11) is 0. The van der Waals surface area contributed by atoms with Crippen molar-refractivity contribution >= 4 is 11.8 Å². The normalized spacial score (nSPS) is 12.3. The van der Waals surface area contributed by atoms with Crippen LogP contribution in [0.25, 0.3) is 5.69 Å². The first-order valence-electron chi connectivity index (χ1n) is 11.8. The minimum absolute atomic E-state index is 0.0508. The van der Waals surface area contributed by atoms with Crippen LogP contribution >= 0.6 is 0 Å². The minimum Gasteiger partial charge on any atom is -0.486 e. The van der Waals surface area contributed by atoms with Crippen LogP contribution in [0.5, 0.6) is 11.5 Å². The molecule has 0 unspecified atom stereocenters. The second kappa shape index (κ2) is 10.1. The zero-order valence-corrected chi connectivity index (χ0v) is 20.5. The van der Waals surface area contributed by atoms with Crippen LogP contribution in [0.15, 0.2) is 71.5 Å². The number of ketones is 1. The molecule has 0 aliphatic carbocycles. The first-order chi connectivity index (χ1) is 17.9. The first kappa shape index (κ1) is 24.1. The monoisotopic (exact) mass is 499 g/mol. The van der Waals surface area contributed by atoms with Crippen LogP contribution in [0.4, 0.5) is 0 Å². The molecule has 1 aliphatic heterocycles. The van der Waals surface area contributed by atoms with Crippen molar-refractivity contribution in [3.63, 3.8) is 0 Å². The van der Waals surface area contributed by atoms with Gasteiger partial charge in [-0.3, -0.25) is 9.59 Å². The van der Waals surface area contributed by atoms with E-state index in [1.54, 1.807) is 6.07 Å². The fourth-order valence-electron chi connectivity index (χ4n) is 4.32. The van der Waals surface area contributed by atoms with Crippen molar-refractivity contribution in [1.82, 2.24) is 14.3 Å². The highest BCUT2D eigenvalue weighted by Crippen LogP contribution is 2.33. The number of fused-ring (bicyclic) bond motifs is 1. The summed E-state index contributed by atoms with van der Waals surface area (Å²) in [5, 5.41) is 4.12. The van der Waals surface area contributed by atoms with Crippen LogP contribution in [0.2, 0.25) is 0 Å². The van der Waals surface area contributed by atoms with E-state index in [9.17, 15) is 14.4 Å². The Labute approximate surface area is 212 Å². The molecule has 0 amide bonds. The fourth-order valence-corrected chi connectivity index (χ4v) is 4.32. The van der Waals surface area contributed by atoms with Crippen molar-refractivity contribution in [2.24, 2.45) is 0 Å². The smallest absolute Gasteiger partial charge is 0.359 e. The predicted octanol–water partition coefficient (Wildman–Crippen LogP) is 3.51. The molecule has 0 fully saturated rings. The molecule has 0 atom stereocenters. The number of hydrogen-bond donors (Lipinski definition) is 0. The van der Waals surface area contributed by atoms with Gasteiger partial charge in [0.25, 0.3) is 5.56 Å². The maximum Gasteiger partial charge on any atom is 0.359 e. The quantitative estimate of drug-likeness (QED) is 0.283. The third kappa shape index (κ3) is 5.02. The largest absolute Gasteiger partial charge is 0.486 e. The summed E-state index contributed by atoms with van der Waals surface area (Å²) in [6.45, 7) is 4.48. The molecule has 0 bridgehead atoms. The van der Waals surface area contributed by atoms with Crippen LogP contribution in [-0.2, 0) is 11.3 Å². The average molecular weight is 500 g/mol. The number of Topliss-reactive ketones (excluding diaryl/α,β-unsaturated/α-hetero) is 1. The second-order valence-corrected chi connectivity index (χ2v) is 8.65. The Bertz CT molecular complexity index is 1540. The lowest BCUT2D eigenvalue weighted by atomic mass is 10.1. The van der Waals surface area contributed by atoms with Crippen LogP contribution in [0.3, 0.4) is 0 Å². The molecule has 0 saturated carbocycles. The Morgan fingerprint density at radius 3 is 2.49 bits per heavy atom. The van der Waals surface area contributed by atoms with Gasteiger partial charge in [0, 0.05) is 34.8 Å². The second-order valence-electron chi connectivity index (χ2n) is 8.65. The van der Waals surface area contributed by atoms with E-state index in [1.165, 1.54) is 16.8 Å². The number of carbonyl (C=O) groups excluding carboxylic acids is 2. The zero-order chi connectivity index (χ0) is 25.9. The molecular formula is C28H25N3O6. The highest BCUT2D eigenvalue weighted by Gasteiger charge is 2.21. The number of esters is 1. The van der Waals surface area contributed by atoms with Crippen molar-refractivity contribution in [2.75, 3.05) is 19.8 Å². The Hall–Kier alpha value is -4.66. The van der Waals surface area contributed by atoms with E-state index in [2.05, 4.69) is 5.10 Å². The number of benzene rings is 2. The van der Waals surface area contributed by atoms with Crippen molar-refractivity contribution in [3.05, 3.63) is 105 Å². The minimum atomic E-state index is -0.782. The van der Waals surface area contributed by atoms with Gasteiger partial charge in [-0.1, -0.05) is 30.3 Å². The Kier molecular flexibility index (Phi) is 6.59. The van der Waals surface area contributed by atoms with Crippen LogP contribution in [-0.4, -0.2) is 45.9 Å². The summed E-state index contributed by atoms with van der Waals surface area (Å²) in [5.41, 5.74) is 3.31. The predicted molar refractivity (Wildman–Crippen MR) is 135 cm³/mol. The molecule has 0 spiro atoms. The van der Waals surface area contributed by atoms with E-state index in [4.69, 9.17) is 14.2 Å². The molecule has 5 rings (SSSR count). The maximum atomic E-state index is 13.0. The topological polar surface area (TPSA) is 102 Å². The molecule has 2 aromatic carbocycles. The van der Waals surface area contributed by atoms with Gasteiger partial charge in [-0.05, 0) is 43.7 Å². The third-order valence-electron chi connectivity index (χ3n) is 6.10. The van der Waals surface area contributed by atoms with Gasteiger partial charge in [0.1, 0.15) is 13.2 Å². The number of rotatable bonds is 7. The average Bonchev–Trinajstić information content (AvgIpc) is 3.22. The standard InChI is InChI=1S/C28H25N3O6/c1-18-14-22(19(2)31(18)21-8-10-25-26(15-21)36-13-12-35-25)24(32)17-37-28(34)23-9-11-27(33)30(29-23)16-20-6-4-3-5-7-20/h3-11,14-15H,12-13,16-17H2,1-2H3. The molecule has 3 heterocycles. The zero-order valence-electron chi connectivity index (χ0n) is 20.5. The van der Waals surface area contributed by atoms with Crippen molar-refractivity contribution in [1.29, 1.82) is 0 Å². The maximum absolute atomic E-state index is 13.0. The fraction of sp³-hybridized carbons (Fsp3) is 0.214. The molecule has 9 nitrogen and oxygen atoms in total. The number of nitrogens with zero attached hydrogens (tertiary/aromatic N) is 3. The summed E-state index contributed by atoms with van der Waals surface area (Å²) >= 11 is 0. The number of ether oxygens (including phenoxy) is 3. The van der Waals surface area contributed by atoms with Crippen LogP contribution in [0, 0.1) is 13.8 Å². The third-order valence-corrected chi connectivity index (χ3v) is 6.10. The molecule has 188 valence electrons. The lowest BCUT2D eigenvalue weighted by molar-refractivity contribution is 0.0466. The Morgan fingerprint density at radius 2 is 1.70 bits per heavy atom. The van der Waals surface area contributed by atoms with Gasteiger partial charge in [-0.2, -0.15) is 5.10 Å². The van der Waals surface area contributed by atoms with Crippen LogP contribution in [0.1, 0.15) is 37.8 Å². The number of aromatic nitrogens is 3. The van der Waals surface area contributed by atoms with E-state index in [0.717, 1.165) is 16.9 Å². The van der Waals surface area contributed by atoms with E-state index >= 15 is 0 Å². The van der Waals surface area contributed by atoms with Crippen molar-refractivity contribution in [2.45, 2.75) is 20.4 Å². The summed E-state index contributed by atoms with van der Waals surface area (Å²) < 4.78 is 19.7. The van der Waals surface area contributed by atoms with E-state index in [-0.39, 0.29) is 23.6 Å². The highest BCUT2D eigenvalue weighted by atomic mass is 16.6. The lowest BCUT2D eigenvalue weighted by Gasteiger charge is -2.20. The molecule has 0 N–H and O–H groups in total. The number of hydrogen-bond acceptors (Lipinski definition) is 7. The van der Waals surface area contributed by atoms with Gasteiger partial charge in [0.2, 0.25) is 5.78 Å². The summed E-state index contributed by atoms with van der Waals surface area (Å²) in [5.74, 6) is 0.210. The van der Waals surface area contributed by atoms with Crippen LogP contribution < -0.4 is 15.0 Å². The molecule has 9 heteroatoms. The van der Waals surface area contributed by atoms with Gasteiger partial charge in [0.05, 0.1) is 6.54 Å². The van der Waals surface area contributed by atoms with Gasteiger partial charge >= 0.3 is 5.97 Å². The molecule has 0 saturated heterocycles. The van der Waals surface area contributed by atoms with E-state index in [1.807, 2.05) is 66.9 Å². The summed E-state index contributed by atoms with van der Waals surface area (Å²) in [6, 6.07) is 19.2. The highest BCUT2D eigenvalue weighted by molar-refractivity contribution is 6.00. The first-order valence-corrected chi connectivity index (χ1v) is 11.8. The molecular weight excluding hydrogens is 474 g/mol. The number of aryl methyl sites for hydroxylation is 1. The molecule has 0 radical (unpaired) electrons. The Balaban J connectivity index is 1.29. The Morgan fingerprint density at radius 1 is 0.946 bits per heavy atom. The molecule has 1 aliphatic rings. The summed E-state index contributed by atoms with van der Waals surface area (Å²) in [6.07, 6.45) is 0. The van der Waals surface area contributed by atoms with Gasteiger partial charge < -0.3 is 18.8 Å². The molecule has 37 heavy (non-hydrogen) atoms. The van der Waals surface area contributed by atoms with E-state index in [0.29, 0.717) is 36.0 Å². The lowest BCUT2D eigenvalue weighted by Crippen LogP contribution is -2.26.